The lowest BCUT2D eigenvalue weighted by molar-refractivity contribution is 1.16. The van der Waals surface area contributed by atoms with Crippen LogP contribution in [0.2, 0.25) is 0 Å². The normalized spacial score (nSPS) is 12.5. The highest BCUT2D eigenvalue weighted by Gasteiger charge is 2.10. The Balaban J connectivity index is 2.45. The topological polar surface area (TPSA) is 0 Å². The van der Waals surface area contributed by atoms with E-state index in [1.807, 2.05) is 12.2 Å². The van der Waals surface area contributed by atoms with E-state index in [1.165, 1.54) is 22.3 Å². The van der Waals surface area contributed by atoms with Crippen molar-refractivity contribution in [3.63, 3.8) is 0 Å². The molecule has 0 fully saturated rings. The lowest BCUT2D eigenvalue weighted by Gasteiger charge is -2.09. The van der Waals surface area contributed by atoms with Gasteiger partial charge in [0.05, 0.1) is 0 Å². The van der Waals surface area contributed by atoms with Crippen molar-refractivity contribution in [3.8, 4) is 0 Å². The van der Waals surface area contributed by atoms with Crippen LogP contribution in [0.4, 0.5) is 0 Å². The number of rotatable bonds is 4. The van der Waals surface area contributed by atoms with E-state index in [-0.39, 0.29) is 0 Å². The number of benzene rings is 1. The molecule has 0 N–H and O–H groups in total. The molecule has 0 heterocycles. The van der Waals surface area contributed by atoms with Gasteiger partial charge in [0.1, 0.15) is 0 Å². The third-order valence-corrected chi connectivity index (χ3v) is 2.78. The Morgan fingerprint density at radius 1 is 1.13 bits per heavy atom. The summed E-state index contributed by atoms with van der Waals surface area (Å²) in [6.07, 6.45) is 11.4. The first-order valence-corrected chi connectivity index (χ1v) is 5.38. The van der Waals surface area contributed by atoms with Gasteiger partial charge in [-0.15, -0.1) is 13.2 Å². The van der Waals surface area contributed by atoms with Crippen LogP contribution in [0, 0.1) is 0 Å². The van der Waals surface area contributed by atoms with Crippen molar-refractivity contribution in [2.45, 2.75) is 19.3 Å². The molecule has 0 spiro atoms. The summed E-state index contributed by atoms with van der Waals surface area (Å²) >= 11 is 0. The second kappa shape index (κ2) is 4.31. The number of allylic oxidation sites excluding steroid dienone is 3. The summed E-state index contributed by atoms with van der Waals surface area (Å²) in [5, 5.41) is 0. The van der Waals surface area contributed by atoms with Gasteiger partial charge in [0.2, 0.25) is 0 Å². The zero-order chi connectivity index (χ0) is 10.7. The minimum Gasteiger partial charge on any atom is -0.103 e. The molecular formula is C15H16. The van der Waals surface area contributed by atoms with Crippen LogP contribution >= 0.6 is 0 Å². The van der Waals surface area contributed by atoms with Crippen molar-refractivity contribution in [1.82, 2.24) is 0 Å². The van der Waals surface area contributed by atoms with E-state index in [0.29, 0.717) is 0 Å². The van der Waals surface area contributed by atoms with E-state index in [0.717, 1.165) is 19.3 Å². The van der Waals surface area contributed by atoms with Gasteiger partial charge >= 0.3 is 0 Å². The van der Waals surface area contributed by atoms with Gasteiger partial charge in [0.15, 0.2) is 0 Å². The number of fused-ring (bicyclic) bond motifs is 1. The van der Waals surface area contributed by atoms with E-state index in [4.69, 9.17) is 0 Å². The summed E-state index contributed by atoms with van der Waals surface area (Å²) in [5.74, 6) is 0. The molecule has 0 heteroatoms. The summed E-state index contributed by atoms with van der Waals surface area (Å²) in [5.41, 5.74) is 5.62. The fraction of sp³-hybridized carbons (Fsp3) is 0.200. The highest BCUT2D eigenvalue weighted by Crippen LogP contribution is 2.26. The molecule has 0 radical (unpaired) electrons. The van der Waals surface area contributed by atoms with Crippen LogP contribution in [0.25, 0.3) is 6.08 Å². The Bertz CT molecular complexity index is 422. The fourth-order valence-electron chi connectivity index (χ4n) is 2.15. The van der Waals surface area contributed by atoms with Crippen molar-refractivity contribution in [3.05, 3.63) is 65.8 Å². The molecule has 0 aliphatic heterocycles. The monoisotopic (exact) mass is 196 g/mol. The van der Waals surface area contributed by atoms with Gasteiger partial charge in [-0.3, -0.25) is 0 Å². The van der Waals surface area contributed by atoms with Crippen molar-refractivity contribution >= 4 is 6.08 Å². The average Bonchev–Trinajstić information content (AvgIpc) is 2.67. The maximum Gasteiger partial charge on any atom is -0.00880 e. The van der Waals surface area contributed by atoms with Gasteiger partial charge in [0.25, 0.3) is 0 Å². The van der Waals surface area contributed by atoms with Gasteiger partial charge in [-0.05, 0) is 41.5 Å². The first kappa shape index (κ1) is 9.97. The van der Waals surface area contributed by atoms with Crippen molar-refractivity contribution < 1.29 is 0 Å². The molecule has 2 rings (SSSR count). The van der Waals surface area contributed by atoms with Gasteiger partial charge in [-0.1, -0.05) is 36.4 Å². The molecule has 0 bridgehead atoms. The van der Waals surface area contributed by atoms with Crippen molar-refractivity contribution in [1.29, 1.82) is 0 Å². The highest BCUT2D eigenvalue weighted by atomic mass is 14.1. The first-order valence-electron chi connectivity index (χ1n) is 5.38. The molecule has 76 valence electrons. The van der Waals surface area contributed by atoms with Crippen LogP contribution in [0.5, 0.6) is 0 Å². The van der Waals surface area contributed by atoms with Crippen molar-refractivity contribution in [2.75, 3.05) is 0 Å². The molecule has 0 nitrogen and oxygen atoms in total. The smallest absolute Gasteiger partial charge is 0.00880 e. The van der Waals surface area contributed by atoms with Crippen LogP contribution < -0.4 is 0 Å². The lowest BCUT2D eigenvalue weighted by Crippen LogP contribution is -1.94. The zero-order valence-electron chi connectivity index (χ0n) is 9.00. The van der Waals surface area contributed by atoms with E-state index in [1.54, 1.807) is 0 Å². The molecule has 0 atom stereocenters. The Kier molecular flexibility index (Phi) is 2.86. The minimum absolute atomic E-state index is 0.956. The van der Waals surface area contributed by atoms with Gasteiger partial charge in [-0.2, -0.15) is 0 Å². The fourth-order valence-corrected chi connectivity index (χ4v) is 2.15. The predicted octanol–water partition coefficient (Wildman–Crippen LogP) is 3.71. The maximum absolute atomic E-state index is 3.81. The highest BCUT2D eigenvalue weighted by molar-refractivity contribution is 5.64. The third-order valence-electron chi connectivity index (χ3n) is 2.78. The second-order valence-electron chi connectivity index (χ2n) is 3.92. The molecule has 0 amide bonds. The Morgan fingerprint density at radius 2 is 1.93 bits per heavy atom. The molecule has 0 saturated heterocycles. The second-order valence-corrected chi connectivity index (χ2v) is 3.92. The Hall–Kier alpha value is -1.56. The maximum atomic E-state index is 3.81. The summed E-state index contributed by atoms with van der Waals surface area (Å²) in [6.45, 7) is 7.60. The number of hydrogen-bond donors (Lipinski definition) is 0. The average molecular weight is 196 g/mol. The lowest BCUT2D eigenvalue weighted by atomic mass is 9.96. The zero-order valence-corrected chi connectivity index (χ0v) is 9.00. The van der Waals surface area contributed by atoms with E-state index in [9.17, 15) is 0 Å². The standard InChI is InChI=1S/C15H16/c1-3-6-12-10-13(7-4-2)15-9-5-8-14(15)11-12/h3-5,9-11H,1-2,6-8H2. The number of hydrogen-bond acceptors (Lipinski definition) is 0. The predicted molar refractivity (Wildman–Crippen MR) is 67.0 cm³/mol. The molecular weight excluding hydrogens is 180 g/mol. The first-order chi connectivity index (χ1) is 7.35. The van der Waals surface area contributed by atoms with Gasteiger partial charge in [0, 0.05) is 0 Å². The largest absolute Gasteiger partial charge is 0.103 e. The quantitative estimate of drug-likeness (QED) is 0.644. The summed E-state index contributed by atoms with van der Waals surface area (Å²) in [6, 6.07) is 4.57. The van der Waals surface area contributed by atoms with Crippen molar-refractivity contribution in [2.24, 2.45) is 0 Å². The molecule has 0 unspecified atom stereocenters. The molecule has 1 aliphatic rings. The molecule has 0 saturated carbocycles. The van der Waals surface area contributed by atoms with Gasteiger partial charge < -0.3 is 0 Å². The van der Waals surface area contributed by atoms with Gasteiger partial charge in [-0.25, -0.2) is 0 Å². The molecule has 1 aliphatic carbocycles. The summed E-state index contributed by atoms with van der Waals surface area (Å²) in [4.78, 5) is 0. The summed E-state index contributed by atoms with van der Waals surface area (Å²) in [7, 11) is 0. The Morgan fingerprint density at radius 3 is 2.67 bits per heavy atom. The van der Waals surface area contributed by atoms with E-state index >= 15 is 0 Å². The SMILES string of the molecule is C=CCc1cc(CC=C)c2c(c1)CC=C2. The molecule has 15 heavy (non-hydrogen) atoms. The van der Waals surface area contributed by atoms with Crippen LogP contribution in [-0.2, 0) is 19.3 Å². The van der Waals surface area contributed by atoms with Crippen LogP contribution in [-0.4, -0.2) is 0 Å². The van der Waals surface area contributed by atoms with Crippen LogP contribution in [0.3, 0.4) is 0 Å². The summed E-state index contributed by atoms with van der Waals surface area (Å²) < 4.78 is 0. The van der Waals surface area contributed by atoms with E-state index in [2.05, 4.69) is 37.4 Å². The third kappa shape index (κ3) is 1.94. The molecule has 0 aromatic heterocycles. The Labute approximate surface area is 91.6 Å². The van der Waals surface area contributed by atoms with Crippen LogP contribution in [0.15, 0.2) is 43.5 Å². The van der Waals surface area contributed by atoms with E-state index < -0.39 is 0 Å². The molecule has 1 aromatic carbocycles. The molecule has 1 aromatic rings. The minimum atomic E-state index is 0.956. The van der Waals surface area contributed by atoms with Crippen LogP contribution in [0.1, 0.15) is 22.3 Å².